The molecule has 1 aromatic heterocycles. The Bertz CT molecular complexity index is 973. The fourth-order valence-electron chi connectivity index (χ4n) is 3.46. The van der Waals surface area contributed by atoms with Gasteiger partial charge in [-0.3, -0.25) is 14.4 Å². The third-order valence-corrected chi connectivity index (χ3v) is 5.95. The Morgan fingerprint density at radius 3 is 2.29 bits per heavy atom. The van der Waals surface area contributed by atoms with Crippen molar-refractivity contribution in [1.82, 2.24) is 5.32 Å². The van der Waals surface area contributed by atoms with E-state index in [1.54, 1.807) is 24.3 Å². The molecule has 0 spiro atoms. The van der Waals surface area contributed by atoms with Gasteiger partial charge in [-0.2, -0.15) is 0 Å². The Balaban J connectivity index is 1.64. The van der Waals surface area contributed by atoms with Gasteiger partial charge in [0.25, 0.3) is 5.91 Å². The molecule has 0 bridgehead atoms. The monoisotopic (exact) mass is 489 g/mol. The highest BCUT2D eigenvalue weighted by Crippen LogP contribution is 2.37. The van der Waals surface area contributed by atoms with Crippen molar-refractivity contribution in [2.75, 3.05) is 37.0 Å². The molecule has 3 amide bonds. The molecule has 184 valence electrons. The Morgan fingerprint density at radius 2 is 1.71 bits per heavy atom. The molecule has 9 nitrogen and oxygen atoms in total. The van der Waals surface area contributed by atoms with Gasteiger partial charge in [0.2, 0.25) is 11.8 Å². The maximum atomic E-state index is 12.5. The fourth-order valence-corrected chi connectivity index (χ4v) is 4.08. The number of hydrogen-bond acceptors (Lipinski definition) is 7. The van der Waals surface area contributed by atoms with Crippen LogP contribution < -0.4 is 25.4 Å². The summed E-state index contributed by atoms with van der Waals surface area (Å²) in [7, 11) is 0. The number of anilines is 2. The molecule has 1 fully saturated rings. The number of hydrogen-bond donors (Lipinski definition) is 3. The quantitative estimate of drug-likeness (QED) is 0.418. The molecule has 1 aromatic carbocycles. The lowest BCUT2D eigenvalue weighted by Gasteiger charge is -2.17. The van der Waals surface area contributed by atoms with Crippen molar-refractivity contribution < 1.29 is 28.6 Å². The number of rotatable bonds is 12. The number of thiophene rings is 1. The van der Waals surface area contributed by atoms with Gasteiger partial charge in [0.1, 0.15) is 11.5 Å². The number of benzene rings is 1. The van der Waals surface area contributed by atoms with E-state index in [0.29, 0.717) is 47.5 Å². The van der Waals surface area contributed by atoms with E-state index >= 15 is 0 Å². The predicted molar refractivity (Wildman–Crippen MR) is 131 cm³/mol. The van der Waals surface area contributed by atoms with Crippen LogP contribution in [0.3, 0.4) is 0 Å². The van der Waals surface area contributed by atoms with E-state index in [0.717, 1.165) is 19.4 Å². The van der Waals surface area contributed by atoms with Gasteiger partial charge in [-0.15, -0.1) is 11.3 Å². The summed E-state index contributed by atoms with van der Waals surface area (Å²) in [5, 5.41) is 10.3. The summed E-state index contributed by atoms with van der Waals surface area (Å²) in [6.45, 7) is 5.57. The number of ether oxygens (including phenoxy) is 3. The van der Waals surface area contributed by atoms with Gasteiger partial charge in [0.15, 0.2) is 0 Å². The van der Waals surface area contributed by atoms with E-state index in [2.05, 4.69) is 16.0 Å². The SMILES string of the molecule is CCOc1cc(NC(=O)c2cccs2)c(OCC)cc1NC(=O)CCC(=O)NC[C@H]1CCCO1. The third-order valence-electron chi connectivity index (χ3n) is 5.08. The Kier molecular flexibility index (Phi) is 9.72. The van der Waals surface area contributed by atoms with E-state index in [-0.39, 0.29) is 36.7 Å². The molecule has 2 aromatic rings. The summed E-state index contributed by atoms with van der Waals surface area (Å²) in [5.41, 5.74) is 0.847. The summed E-state index contributed by atoms with van der Waals surface area (Å²) in [6, 6.07) is 6.78. The maximum absolute atomic E-state index is 12.5. The molecule has 3 rings (SSSR count). The summed E-state index contributed by atoms with van der Waals surface area (Å²) >= 11 is 1.33. The summed E-state index contributed by atoms with van der Waals surface area (Å²) in [6.07, 6.45) is 2.08. The highest BCUT2D eigenvalue weighted by atomic mass is 32.1. The van der Waals surface area contributed by atoms with E-state index < -0.39 is 0 Å². The van der Waals surface area contributed by atoms with Crippen molar-refractivity contribution in [3.05, 3.63) is 34.5 Å². The van der Waals surface area contributed by atoms with Crippen LogP contribution in [-0.4, -0.2) is 50.2 Å². The second kappa shape index (κ2) is 13.0. The average molecular weight is 490 g/mol. The van der Waals surface area contributed by atoms with Crippen molar-refractivity contribution in [2.24, 2.45) is 0 Å². The van der Waals surface area contributed by atoms with E-state index in [1.165, 1.54) is 11.3 Å². The Hall–Kier alpha value is -3.11. The largest absolute Gasteiger partial charge is 0.492 e. The van der Waals surface area contributed by atoms with Gasteiger partial charge in [0, 0.05) is 38.1 Å². The molecular weight excluding hydrogens is 458 g/mol. The van der Waals surface area contributed by atoms with Gasteiger partial charge in [0.05, 0.1) is 35.6 Å². The lowest BCUT2D eigenvalue weighted by molar-refractivity contribution is -0.124. The minimum absolute atomic E-state index is 0.0176. The van der Waals surface area contributed by atoms with Crippen LogP contribution >= 0.6 is 11.3 Å². The maximum Gasteiger partial charge on any atom is 0.265 e. The van der Waals surface area contributed by atoms with Crippen LogP contribution in [0.5, 0.6) is 11.5 Å². The minimum Gasteiger partial charge on any atom is -0.492 e. The molecule has 34 heavy (non-hydrogen) atoms. The first-order valence-electron chi connectivity index (χ1n) is 11.5. The van der Waals surface area contributed by atoms with Crippen LogP contribution in [0.15, 0.2) is 29.6 Å². The van der Waals surface area contributed by atoms with E-state index in [4.69, 9.17) is 14.2 Å². The molecule has 0 saturated carbocycles. The molecule has 3 N–H and O–H groups in total. The van der Waals surface area contributed by atoms with E-state index in [9.17, 15) is 14.4 Å². The summed E-state index contributed by atoms with van der Waals surface area (Å²) < 4.78 is 16.9. The smallest absolute Gasteiger partial charge is 0.265 e. The first-order chi connectivity index (χ1) is 16.5. The van der Waals surface area contributed by atoms with Crippen molar-refractivity contribution >= 4 is 40.4 Å². The predicted octanol–water partition coefficient (Wildman–Crippen LogP) is 3.81. The summed E-state index contributed by atoms with van der Waals surface area (Å²) in [4.78, 5) is 37.7. The lowest BCUT2D eigenvalue weighted by Crippen LogP contribution is -2.32. The molecule has 1 aliphatic rings. The topological polar surface area (TPSA) is 115 Å². The molecule has 1 saturated heterocycles. The van der Waals surface area contributed by atoms with Crippen molar-refractivity contribution in [3.8, 4) is 11.5 Å². The number of nitrogens with one attached hydrogen (secondary N) is 3. The van der Waals surface area contributed by atoms with Crippen molar-refractivity contribution in [1.29, 1.82) is 0 Å². The zero-order chi connectivity index (χ0) is 24.3. The standard InChI is InChI=1S/C24H31N3O6S/c1-3-31-19-14-18(27-24(30)21-8-6-12-34-21)20(32-4-2)13-17(19)26-23(29)10-9-22(28)25-15-16-7-5-11-33-16/h6,8,12-14,16H,3-5,7,9-11,15H2,1-2H3,(H,25,28)(H,26,29)(H,27,30)/t16-/m1/s1. The minimum atomic E-state index is -0.328. The molecule has 10 heteroatoms. The van der Waals surface area contributed by atoms with Crippen LogP contribution in [-0.2, 0) is 14.3 Å². The molecule has 1 aliphatic heterocycles. The van der Waals surface area contributed by atoms with Crippen LogP contribution in [0.1, 0.15) is 49.2 Å². The highest BCUT2D eigenvalue weighted by molar-refractivity contribution is 7.12. The normalized spacial score (nSPS) is 14.9. The fraction of sp³-hybridized carbons (Fsp3) is 0.458. The number of carbonyl (C=O) groups excluding carboxylic acids is 3. The Morgan fingerprint density at radius 1 is 1.03 bits per heavy atom. The zero-order valence-electron chi connectivity index (χ0n) is 19.5. The number of carbonyl (C=O) groups is 3. The average Bonchev–Trinajstić information content (AvgIpc) is 3.54. The third kappa shape index (κ3) is 7.46. The molecule has 0 radical (unpaired) electrons. The first-order valence-corrected chi connectivity index (χ1v) is 12.3. The zero-order valence-corrected chi connectivity index (χ0v) is 20.3. The van der Waals surface area contributed by atoms with Crippen LogP contribution in [0.4, 0.5) is 11.4 Å². The van der Waals surface area contributed by atoms with Crippen LogP contribution in [0, 0.1) is 0 Å². The molecule has 1 atom stereocenters. The number of amides is 3. The molecule has 0 aliphatic carbocycles. The van der Waals surface area contributed by atoms with Gasteiger partial charge in [-0.25, -0.2) is 0 Å². The van der Waals surface area contributed by atoms with Crippen LogP contribution in [0.2, 0.25) is 0 Å². The van der Waals surface area contributed by atoms with Gasteiger partial charge < -0.3 is 30.2 Å². The van der Waals surface area contributed by atoms with Gasteiger partial charge in [-0.05, 0) is 38.1 Å². The molecule has 0 unspecified atom stereocenters. The summed E-state index contributed by atoms with van der Waals surface area (Å²) in [5.74, 6) is 0.0108. The first kappa shape index (κ1) is 25.5. The van der Waals surface area contributed by atoms with Gasteiger partial charge >= 0.3 is 0 Å². The second-order valence-electron chi connectivity index (χ2n) is 7.63. The second-order valence-corrected chi connectivity index (χ2v) is 8.58. The van der Waals surface area contributed by atoms with E-state index in [1.807, 2.05) is 19.2 Å². The molecular formula is C24H31N3O6S. The van der Waals surface area contributed by atoms with Crippen molar-refractivity contribution in [3.63, 3.8) is 0 Å². The highest BCUT2D eigenvalue weighted by Gasteiger charge is 2.19. The van der Waals surface area contributed by atoms with Crippen molar-refractivity contribution in [2.45, 2.75) is 45.6 Å². The Labute approximate surface area is 203 Å². The lowest BCUT2D eigenvalue weighted by atomic mass is 10.2. The van der Waals surface area contributed by atoms with Gasteiger partial charge in [-0.1, -0.05) is 6.07 Å². The van der Waals surface area contributed by atoms with Crippen LogP contribution in [0.25, 0.3) is 0 Å². The molecule has 2 heterocycles.